The lowest BCUT2D eigenvalue weighted by Crippen LogP contribution is -2.41. The number of aromatic nitrogens is 1. The van der Waals surface area contributed by atoms with E-state index in [1.54, 1.807) is 6.07 Å². The summed E-state index contributed by atoms with van der Waals surface area (Å²) < 4.78 is 26.2. The number of rotatable bonds is 10. The summed E-state index contributed by atoms with van der Waals surface area (Å²) in [6.07, 6.45) is 5.70. The summed E-state index contributed by atoms with van der Waals surface area (Å²) in [6.45, 7) is 2.49. The number of nitrogens with one attached hydrogen (secondary N) is 2. The van der Waals surface area contributed by atoms with Crippen LogP contribution in [0.2, 0.25) is 0 Å². The molecule has 0 saturated heterocycles. The van der Waals surface area contributed by atoms with Crippen molar-refractivity contribution in [2.24, 2.45) is 5.73 Å². The van der Waals surface area contributed by atoms with Gasteiger partial charge in [-0.1, -0.05) is 19.8 Å². The van der Waals surface area contributed by atoms with Crippen LogP contribution >= 0.6 is 0 Å². The normalized spacial score (nSPS) is 12.8. The van der Waals surface area contributed by atoms with Gasteiger partial charge in [0.25, 0.3) is 0 Å². The average Bonchev–Trinajstić information content (AvgIpc) is 2.52. The Labute approximate surface area is 131 Å². The van der Waals surface area contributed by atoms with E-state index in [1.807, 2.05) is 0 Å². The van der Waals surface area contributed by atoms with Gasteiger partial charge in [-0.2, -0.15) is 0 Å². The molecule has 0 aliphatic carbocycles. The highest BCUT2D eigenvalue weighted by Gasteiger charge is 2.15. The number of carbonyl (C=O) groups excluding carboxylic acids is 1. The highest BCUT2D eigenvalue weighted by atomic mass is 32.2. The first kappa shape index (κ1) is 18.5. The zero-order valence-electron chi connectivity index (χ0n) is 12.8. The van der Waals surface area contributed by atoms with Crippen LogP contribution in [0.5, 0.6) is 0 Å². The van der Waals surface area contributed by atoms with E-state index in [9.17, 15) is 13.2 Å². The lowest BCUT2D eigenvalue weighted by atomic mass is 10.1. The highest BCUT2D eigenvalue weighted by molar-refractivity contribution is 7.89. The van der Waals surface area contributed by atoms with Gasteiger partial charge in [0.15, 0.2) is 0 Å². The van der Waals surface area contributed by atoms with Gasteiger partial charge in [0.05, 0.1) is 0 Å². The monoisotopic (exact) mass is 328 g/mol. The third kappa shape index (κ3) is 6.50. The Kier molecular flexibility index (Phi) is 8.00. The van der Waals surface area contributed by atoms with Crippen molar-refractivity contribution in [3.63, 3.8) is 0 Å². The number of hydrogen-bond acceptors (Lipinski definition) is 5. The molecule has 1 atom stereocenters. The smallest absolute Gasteiger partial charge is 0.242 e. The second-order valence-corrected chi connectivity index (χ2v) is 6.75. The quantitative estimate of drug-likeness (QED) is 0.574. The molecule has 0 fully saturated rings. The van der Waals surface area contributed by atoms with Gasteiger partial charge in [0, 0.05) is 37.9 Å². The van der Waals surface area contributed by atoms with Crippen LogP contribution in [0.25, 0.3) is 0 Å². The molecule has 7 nitrogen and oxygen atoms in total. The Morgan fingerprint density at radius 3 is 2.82 bits per heavy atom. The number of hydrogen-bond donors (Lipinski definition) is 3. The molecule has 8 heteroatoms. The molecule has 0 bridgehead atoms. The summed E-state index contributed by atoms with van der Waals surface area (Å²) in [5.41, 5.74) is 5.60. The topological polar surface area (TPSA) is 114 Å². The maximum absolute atomic E-state index is 11.9. The van der Waals surface area contributed by atoms with Crippen LogP contribution in [0.15, 0.2) is 29.4 Å². The van der Waals surface area contributed by atoms with Crippen molar-refractivity contribution in [2.75, 3.05) is 13.1 Å². The maximum Gasteiger partial charge on any atom is 0.242 e. The van der Waals surface area contributed by atoms with E-state index in [4.69, 9.17) is 5.73 Å². The third-order valence-electron chi connectivity index (χ3n) is 3.14. The summed E-state index contributed by atoms with van der Waals surface area (Å²) in [5, 5.41) is 2.82. The van der Waals surface area contributed by atoms with Crippen molar-refractivity contribution in [3.8, 4) is 0 Å². The van der Waals surface area contributed by atoms with Crippen LogP contribution in [-0.4, -0.2) is 38.4 Å². The molecule has 1 amide bonds. The molecule has 0 saturated carbocycles. The minimum absolute atomic E-state index is 0.0358. The first-order chi connectivity index (χ1) is 10.5. The number of nitrogens with two attached hydrogens (primary N) is 1. The predicted octanol–water partition coefficient (Wildman–Crippen LogP) is 0.384. The predicted molar refractivity (Wildman–Crippen MR) is 84.6 cm³/mol. The fourth-order valence-corrected chi connectivity index (χ4v) is 2.88. The number of amides is 1. The van der Waals surface area contributed by atoms with Crippen LogP contribution < -0.4 is 15.8 Å². The number of unbranched alkanes of at least 4 members (excludes halogenated alkanes) is 1. The summed E-state index contributed by atoms with van der Waals surface area (Å²) in [7, 11) is -3.62. The lowest BCUT2D eigenvalue weighted by molar-refractivity contribution is -0.121. The molecule has 1 aromatic heterocycles. The van der Waals surface area contributed by atoms with E-state index < -0.39 is 10.0 Å². The number of pyridine rings is 1. The Hall–Kier alpha value is -1.51. The molecule has 124 valence electrons. The first-order valence-corrected chi connectivity index (χ1v) is 8.87. The molecular weight excluding hydrogens is 304 g/mol. The van der Waals surface area contributed by atoms with Crippen molar-refractivity contribution in [1.82, 2.24) is 15.0 Å². The van der Waals surface area contributed by atoms with Crippen molar-refractivity contribution >= 4 is 15.9 Å². The van der Waals surface area contributed by atoms with E-state index in [2.05, 4.69) is 21.9 Å². The number of carbonyl (C=O) groups is 1. The number of sulfonamides is 1. The molecule has 0 radical (unpaired) electrons. The molecule has 0 aliphatic heterocycles. The summed E-state index contributed by atoms with van der Waals surface area (Å²) in [5.74, 6) is -0.208. The van der Waals surface area contributed by atoms with Crippen LogP contribution in [0.1, 0.15) is 32.6 Å². The molecule has 1 unspecified atom stereocenters. The van der Waals surface area contributed by atoms with E-state index in [-0.39, 0.29) is 29.8 Å². The van der Waals surface area contributed by atoms with Crippen molar-refractivity contribution in [3.05, 3.63) is 24.5 Å². The Bertz CT molecular complexity index is 548. The van der Waals surface area contributed by atoms with Gasteiger partial charge < -0.3 is 11.1 Å². The molecule has 0 aromatic carbocycles. The molecule has 0 spiro atoms. The zero-order valence-corrected chi connectivity index (χ0v) is 13.6. The van der Waals surface area contributed by atoms with Gasteiger partial charge in [-0.3, -0.25) is 9.78 Å². The molecular formula is C14H24N4O3S. The Balaban J connectivity index is 2.38. The number of nitrogens with zero attached hydrogens (tertiary/aromatic N) is 1. The van der Waals surface area contributed by atoms with E-state index in [0.717, 1.165) is 19.3 Å². The van der Waals surface area contributed by atoms with Gasteiger partial charge in [0.2, 0.25) is 15.9 Å². The Morgan fingerprint density at radius 2 is 2.23 bits per heavy atom. The second-order valence-electron chi connectivity index (χ2n) is 4.98. The van der Waals surface area contributed by atoms with E-state index in [1.165, 1.54) is 18.5 Å². The molecule has 1 rings (SSSR count). The minimum Gasteiger partial charge on any atom is -0.352 e. The van der Waals surface area contributed by atoms with E-state index >= 15 is 0 Å². The molecule has 1 aromatic rings. The largest absolute Gasteiger partial charge is 0.352 e. The van der Waals surface area contributed by atoms with E-state index in [0.29, 0.717) is 6.54 Å². The zero-order chi connectivity index (χ0) is 16.4. The highest BCUT2D eigenvalue weighted by Crippen LogP contribution is 2.05. The van der Waals surface area contributed by atoms with Crippen LogP contribution in [-0.2, 0) is 14.8 Å². The minimum atomic E-state index is -3.62. The molecule has 22 heavy (non-hydrogen) atoms. The SMILES string of the molecule is CCCCC(CN)NC(=O)CCNS(=O)(=O)c1cccnc1. The fraction of sp³-hybridized carbons (Fsp3) is 0.571. The second kappa shape index (κ2) is 9.50. The maximum atomic E-state index is 11.9. The fourth-order valence-electron chi connectivity index (χ4n) is 1.89. The summed E-state index contributed by atoms with van der Waals surface area (Å²) in [4.78, 5) is 15.6. The Morgan fingerprint density at radius 1 is 1.45 bits per heavy atom. The van der Waals surface area contributed by atoms with Gasteiger partial charge in [-0.05, 0) is 18.6 Å². The van der Waals surface area contributed by atoms with Crippen LogP contribution in [0, 0.1) is 0 Å². The van der Waals surface area contributed by atoms with Crippen molar-refractivity contribution < 1.29 is 13.2 Å². The molecule has 0 aliphatic rings. The summed E-state index contributed by atoms with van der Waals surface area (Å²) in [6, 6.07) is 2.94. The lowest BCUT2D eigenvalue weighted by Gasteiger charge is -2.16. The van der Waals surface area contributed by atoms with Crippen LogP contribution in [0.3, 0.4) is 0 Å². The van der Waals surface area contributed by atoms with Gasteiger partial charge in [-0.15, -0.1) is 0 Å². The van der Waals surface area contributed by atoms with Gasteiger partial charge >= 0.3 is 0 Å². The standard InChI is InChI=1S/C14H24N4O3S/c1-2-3-5-12(10-15)18-14(19)7-9-17-22(20,21)13-6-4-8-16-11-13/h4,6,8,11-12,17H,2-3,5,7,9-10,15H2,1H3,(H,18,19). The van der Waals surface area contributed by atoms with Crippen LogP contribution in [0.4, 0.5) is 0 Å². The van der Waals surface area contributed by atoms with Crippen molar-refractivity contribution in [2.45, 2.75) is 43.5 Å². The molecule has 1 heterocycles. The third-order valence-corrected chi connectivity index (χ3v) is 4.59. The van der Waals surface area contributed by atoms with Crippen molar-refractivity contribution in [1.29, 1.82) is 0 Å². The molecule has 4 N–H and O–H groups in total. The first-order valence-electron chi connectivity index (χ1n) is 7.38. The van der Waals surface area contributed by atoms with Gasteiger partial charge in [0.1, 0.15) is 4.90 Å². The summed E-state index contributed by atoms with van der Waals surface area (Å²) >= 11 is 0. The average molecular weight is 328 g/mol. The van der Waals surface area contributed by atoms with Gasteiger partial charge in [-0.25, -0.2) is 13.1 Å².